The number of benzene rings is 4. The van der Waals surface area contributed by atoms with Gasteiger partial charge in [0.25, 0.3) is 0 Å². The van der Waals surface area contributed by atoms with E-state index in [0.717, 1.165) is 11.3 Å². The third kappa shape index (κ3) is 4.63. The van der Waals surface area contributed by atoms with E-state index in [-0.39, 0.29) is 5.04 Å². The Labute approximate surface area is 221 Å². The molecule has 0 amide bonds. The maximum Gasteiger partial charge on any atom is 0.177 e. The number of rotatable bonds is 6. The summed E-state index contributed by atoms with van der Waals surface area (Å²) < 4.78 is 5.34. The standard InChI is InChI=1S/C34H33NOSi/c1-34(2,3)37(31-15-6-5-7-16-31,33-24-28-13-8-9-14-29(28)25-35-33)32-17-11-10-12-27(32)21-18-26-19-22-30(36-4)23-20-26/h5-25H,1-4H3/b21-18+/t37-/m1/s1. The molecule has 2 nitrogen and oxygen atoms in total. The molecule has 1 atom stereocenters. The van der Waals surface area contributed by atoms with Crippen molar-refractivity contribution in [3.8, 4) is 5.75 Å². The lowest BCUT2D eigenvalue weighted by molar-refractivity contribution is 0.415. The molecule has 0 fully saturated rings. The van der Waals surface area contributed by atoms with Crippen LogP contribution in [-0.2, 0) is 0 Å². The van der Waals surface area contributed by atoms with Gasteiger partial charge in [-0.3, -0.25) is 4.98 Å². The number of fused-ring (bicyclic) bond motifs is 1. The van der Waals surface area contributed by atoms with Gasteiger partial charge in [-0.2, -0.15) is 0 Å². The number of aromatic nitrogens is 1. The van der Waals surface area contributed by atoms with Crippen LogP contribution in [0.3, 0.4) is 0 Å². The van der Waals surface area contributed by atoms with Crippen molar-refractivity contribution >= 4 is 46.7 Å². The highest BCUT2D eigenvalue weighted by molar-refractivity contribution is 7.13. The minimum absolute atomic E-state index is 0.0478. The van der Waals surface area contributed by atoms with E-state index in [1.54, 1.807) is 7.11 Å². The molecule has 184 valence electrons. The van der Waals surface area contributed by atoms with Gasteiger partial charge in [-0.15, -0.1) is 0 Å². The van der Waals surface area contributed by atoms with E-state index in [9.17, 15) is 0 Å². The van der Waals surface area contributed by atoms with E-state index in [1.807, 2.05) is 12.1 Å². The van der Waals surface area contributed by atoms with Gasteiger partial charge in [-0.05, 0) is 55.5 Å². The van der Waals surface area contributed by atoms with Crippen molar-refractivity contribution in [3.05, 3.63) is 127 Å². The molecule has 0 bridgehead atoms. The molecule has 3 heteroatoms. The fraction of sp³-hybridized carbons (Fsp3) is 0.147. The number of hydrogen-bond donors (Lipinski definition) is 0. The van der Waals surface area contributed by atoms with Gasteiger partial charge in [0.15, 0.2) is 8.07 Å². The first-order chi connectivity index (χ1) is 17.9. The minimum Gasteiger partial charge on any atom is -0.497 e. The fourth-order valence-electron chi connectivity index (χ4n) is 5.52. The van der Waals surface area contributed by atoms with Crippen LogP contribution in [0.15, 0.2) is 115 Å². The summed E-state index contributed by atoms with van der Waals surface area (Å²) in [5, 5.41) is 6.29. The molecular weight excluding hydrogens is 466 g/mol. The molecule has 4 aromatic carbocycles. The van der Waals surface area contributed by atoms with E-state index in [4.69, 9.17) is 9.72 Å². The molecule has 0 saturated carbocycles. The first kappa shape index (κ1) is 24.7. The summed E-state index contributed by atoms with van der Waals surface area (Å²) in [7, 11) is -0.926. The Hall–Kier alpha value is -3.95. The minimum atomic E-state index is -2.62. The van der Waals surface area contributed by atoms with Gasteiger partial charge in [0.05, 0.1) is 7.11 Å². The first-order valence-corrected chi connectivity index (χ1v) is 14.8. The lowest BCUT2D eigenvalue weighted by Gasteiger charge is -2.44. The van der Waals surface area contributed by atoms with E-state index in [2.05, 4.69) is 136 Å². The first-order valence-electron chi connectivity index (χ1n) is 12.8. The molecule has 1 heterocycles. The predicted molar refractivity (Wildman–Crippen MR) is 161 cm³/mol. The number of methoxy groups -OCH3 is 1. The molecule has 5 rings (SSSR count). The van der Waals surface area contributed by atoms with Crippen LogP contribution in [0, 0.1) is 0 Å². The molecule has 0 aliphatic heterocycles. The molecule has 0 radical (unpaired) electrons. The van der Waals surface area contributed by atoms with Gasteiger partial charge in [-0.25, -0.2) is 0 Å². The van der Waals surface area contributed by atoms with Crippen LogP contribution < -0.4 is 20.4 Å². The van der Waals surface area contributed by atoms with Crippen molar-refractivity contribution in [1.82, 2.24) is 4.98 Å². The molecular formula is C34H33NOSi. The lowest BCUT2D eigenvalue weighted by Crippen LogP contribution is -2.73. The smallest absolute Gasteiger partial charge is 0.177 e. The topological polar surface area (TPSA) is 22.1 Å². The van der Waals surface area contributed by atoms with Gasteiger partial charge < -0.3 is 4.74 Å². The molecule has 0 saturated heterocycles. The second kappa shape index (κ2) is 10.2. The van der Waals surface area contributed by atoms with Crippen molar-refractivity contribution in [2.24, 2.45) is 0 Å². The highest BCUT2D eigenvalue weighted by atomic mass is 28.3. The largest absolute Gasteiger partial charge is 0.497 e. The van der Waals surface area contributed by atoms with Gasteiger partial charge in [0, 0.05) is 11.5 Å². The highest BCUT2D eigenvalue weighted by Crippen LogP contribution is 2.36. The Balaban J connectivity index is 1.77. The number of nitrogens with zero attached hydrogens (tertiary/aromatic N) is 1. The van der Waals surface area contributed by atoms with Crippen LogP contribution in [0.4, 0.5) is 0 Å². The zero-order valence-corrected chi connectivity index (χ0v) is 23.0. The summed E-state index contributed by atoms with van der Waals surface area (Å²) in [6.45, 7) is 7.15. The summed E-state index contributed by atoms with van der Waals surface area (Å²) in [6, 6.07) is 39.0. The summed E-state index contributed by atoms with van der Waals surface area (Å²) in [6.07, 6.45) is 6.50. The summed E-state index contributed by atoms with van der Waals surface area (Å²) in [5.74, 6) is 0.864. The summed E-state index contributed by atoms with van der Waals surface area (Å²) in [4.78, 5) is 5.20. The number of ether oxygens (including phenoxy) is 1. The number of pyridine rings is 1. The van der Waals surface area contributed by atoms with Gasteiger partial charge >= 0.3 is 0 Å². The summed E-state index contributed by atoms with van der Waals surface area (Å²) in [5.41, 5.74) is 2.38. The maximum atomic E-state index is 5.34. The quantitative estimate of drug-likeness (QED) is 0.192. The fourth-order valence-corrected chi connectivity index (χ4v) is 11.1. The second-order valence-electron chi connectivity index (χ2n) is 10.5. The normalized spacial score (nSPS) is 13.5. The molecule has 0 unspecified atom stereocenters. The molecule has 0 N–H and O–H groups in total. The van der Waals surface area contributed by atoms with Crippen molar-refractivity contribution in [2.45, 2.75) is 25.8 Å². The zero-order valence-electron chi connectivity index (χ0n) is 22.0. The molecule has 0 aliphatic rings. The van der Waals surface area contributed by atoms with Crippen LogP contribution in [0.5, 0.6) is 5.75 Å². The molecule has 0 spiro atoms. The van der Waals surface area contributed by atoms with E-state index < -0.39 is 8.07 Å². The van der Waals surface area contributed by atoms with Crippen molar-refractivity contribution in [2.75, 3.05) is 7.11 Å². The van der Waals surface area contributed by atoms with Crippen LogP contribution in [0.1, 0.15) is 31.9 Å². The van der Waals surface area contributed by atoms with Gasteiger partial charge in [-0.1, -0.05) is 124 Å². The number of hydrogen-bond acceptors (Lipinski definition) is 2. The highest BCUT2D eigenvalue weighted by Gasteiger charge is 2.51. The van der Waals surface area contributed by atoms with Crippen molar-refractivity contribution in [1.29, 1.82) is 0 Å². The van der Waals surface area contributed by atoms with Crippen LogP contribution in [0.2, 0.25) is 5.04 Å². The van der Waals surface area contributed by atoms with E-state index in [1.165, 1.54) is 32.0 Å². The Morgan fingerprint density at radius 1 is 0.703 bits per heavy atom. The van der Waals surface area contributed by atoms with Crippen LogP contribution >= 0.6 is 0 Å². The SMILES string of the molecule is COc1ccc(/C=C/c2ccccc2[Si@](c2ccccc2)(c2cc3ccccc3cn2)C(C)(C)C)cc1. The Morgan fingerprint density at radius 3 is 2.05 bits per heavy atom. The molecule has 37 heavy (non-hydrogen) atoms. The lowest BCUT2D eigenvalue weighted by atomic mass is 10.1. The monoisotopic (exact) mass is 499 g/mol. The average Bonchev–Trinajstić information content (AvgIpc) is 2.93. The van der Waals surface area contributed by atoms with E-state index in [0.29, 0.717) is 0 Å². The van der Waals surface area contributed by atoms with Gasteiger partial charge in [0.1, 0.15) is 5.75 Å². The van der Waals surface area contributed by atoms with Crippen molar-refractivity contribution < 1.29 is 4.74 Å². The average molecular weight is 500 g/mol. The maximum absolute atomic E-state index is 5.34. The molecule has 1 aromatic heterocycles. The van der Waals surface area contributed by atoms with Gasteiger partial charge in [0.2, 0.25) is 0 Å². The third-order valence-corrected chi connectivity index (χ3v) is 13.0. The Kier molecular flexibility index (Phi) is 6.81. The zero-order chi connectivity index (χ0) is 25.9. The summed E-state index contributed by atoms with van der Waals surface area (Å²) >= 11 is 0. The van der Waals surface area contributed by atoms with Crippen molar-refractivity contribution in [3.63, 3.8) is 0 Å². The van der Waals surface area contributed by atoms with E-state index >= 15 is 0 Å². The Bertz CT molecular complexity index is 1530. The van der Waals surface area contributed by atoms with Crippen LogP contribution in [0.25, 0.3) is 22.9 Å². The molecule has 0 aliphatic carbocycles. The predicted octanol–water partition coefficient (Wildman–Crippen LogP) is 6.68. The Morgan fingerprint density at radius 2 is 1.35 bits per heavy atom. The second-order valence-corrected chi connectivity index (χ2v) is 15.1. The third-order valence-electron chi connectivity index (χ3n) is 7.28. The van der Waals surface area contributed by atoms with Crippen LogP contribution in [-0.4, -0.2) is 20.2 Å². The molecule has 5 aromatic rings.